The van der Waals surface area contributed by atoms with Crippen molar-refractivity contribution in [3.8, 4) is 11.1 Å². The second-order valence-electron chi connectivity index (χ2n) is 6.11. The van der Waals surface area contributed by atoms with E-state index in [1.165, 1.54) is 12.1 Å². The van der Waals surface area contributed by atoms with E-state index in [9.17, 15) is 13.2 Å². The van der Waals surface area contributed by atoms with Crippen LogP contribution in [0.5, 0.6) is 0 Å². The molecule has 0 spiro atoms. The number of carbonyl (C=O) groups is 1. The Kier molecular flexibility index (Phi) is 4.91. The maximum Gasteiger partial charge on any atom is 0.255 e. The lowest BCUT2D eigenvalue weighted by Crippen LogP contribution is -2.15. The lowest BCUT2D eigenvalue weighted by Gasteiger charge is -2.13. The van der Waals surface area contributed by atoms with E-state index >= 15 is 0 Å². The number of benzene rings is 3. The van der Waals surface area contributed by atoms with Crippen molar-refractivity contribution in [2.24, 2.45) is 0 Å². The second-order valence-corrected chi connectivity index (χ2v) is 8.13. The number of aryl methyl sites for hydroxylation is 1. The fraction of sp³-hybridized carbons (Fsp3) is 0.0952. The molecular formula is C21H19NO3S. The Balaban J connectivity index is 1.98. The van der Waals surface area contributed by atoms with E-state index < -0.39 is 9.84 Å². The zero-order valence-corrected chi connectivity index (χ0v) is 15.4. The third-order valence-electron chi connectivity index (χ3n) is 4.14. The molecule has 1 N–H and O–H groups in total. The van der Waals surface area contributed by atoms with Gasteiger partial charge in [-0.1, -0.05) is 54.6 Å². The molecule has 0 aromatic heterocycles. The fourth-order valence-corrected chi connectivity index (χ4v) is 3.37. The summed E-state index contributed by atoms with van der Waals surface area (Å²) in [7, 11) is -3.38. The maximum absolute atomic E-state index is 12.8. The SMILES string of the molecule is Cc1ccc(S(C)(=O)=O)cc1C(=O)Nc1ccccc1-c1ccccc1. The third-order valence-corrected chi connectivity index (χ3v) is 5.25. The summed E-state index contributed by atoms with van der Waals surface area (Å²) >= 11 is 0. The lowest BCUT2D eigenvalue weighted by molar-refractivity contribution is 0.102. The van der Waals surface area contributed by atoms with Crippen LogP contribution in [-0.2, 0) is 9.84 Å². The number of anilines is 1. The third kappa shape index (κ3) is 3.83. The number of hydrogen-bond acceptors (Lipinski definition) is 3. The van der Waals surface area contributed by atoms with Crippen LogP contribution in [0.4, 0.5) is 5.69 Å². The highest BCUT2D eigenvalue weighted by Gasteiger charge is 2.16. The molecule has 0 saturated carbocycles. The molecule has 0 aliphatic heterocycles. The van der Waals surface area contributed by atoms with E-state index in [1.54, 1.807) is 13.0 Å². The van der Waals surface area contributed by atoms with Crippen LogP contribution in [0.3, 0.4) is 0 Å². The first-order chi connectivity index (χ1) is 12.4. The van der Waals surface area contributed by atoms with Gasteiger partial charge in [-0.3, -0.25) is 4.79 Å². The van der Waals surface area contributed by atoms with Gasteiger partial charge in [-0.05, 0) is 36.2 Å². The van der Waals surface area contributed by atoms with Crippen LogP contribution < -0.4 is 5.32 Å². The smallest absolute Gasteiger partial charge is 0.255 e. The Morgan fingerprint density at radius 3 is 2.23 bits per heavy atom. The molecule has 132 valence electrons. The fourth-order valence-electron chi connectivity index (χ4n) is 2.73. The van der Waals surface area contributed by atoms with E-state index in [4.69, 9.17) is 0 Å². The van der Waals surface area contributed by atoms with E-state index in [0.717, 1.165) is 17.4 Å². The van der Waals surface area contributed by atoms with Crippen molar-refractivity contribution >= 4 is 21.4 Å². The summed E-state index contributed by atoms with van der Waals surface area (Å²) in [6.45, 7) is 1.78. The molecule has 3 rings (SSSR count). The van der Waals surface area contributed by atoms with Crippen molar-refractivity contribution in [1.29, 1.82) is 0 Å². The second kappa shape index (κ2) is 7.14. The van der Waals surface area contributed by atoms with Crippen molar-refractivity contribution in [2.45, 2.75) is 11.8 Å². The molecule has 0 saturated heterocycles. The zero-order chi connectivity index (χ0) is 18.7. The minimum atomic E-state index is -3.38. The van der Waals surface area contributed by atoms with Gasteiger partial charge in [-0.15, -0.1) is 0 Å². The molecule has 0 heterocycles. The maximum atomic E-state index is 12.8. The van der Waals surface area contributed by atoms with Gasteiger partial charge in [0.15, 0.2) is 9.84 Å². The molecule has 4 nitrogen and oxygen atoms in total. The summed E-state index contributed by atoms with van der Waals surface area (Å²) in [6.07, 6.45) is 1.13. The summed E-state index contributed by atoms with van der Waals surface area (Å²) in [6, 6.07) is 21.9. The quantitative estimate of drug-likeness (QED) is 0.749. The minimum Gasteiger partial charge on any atom is -0.321 e. The van der Waals surface area contributed by atoms with Gasteiger partial charge >= 0.3 is 0 Å². The zero-order valence-electron chi connectivity index (χ0n) is 14.6. The molecule has 0 bridgehead atoms. The van der Waals surface area contributed by atoms with Crippen LogP contribution in [0.1, 0.15) is 15.9 Å². The first-order valence-corrected chi connectivity index (χ1v) is 10.0. The molecule has 0 radical (unpaired) electrons. The first-order valence-electron chi connectivity index (χ1n) is 8.13. The van der Waals surface area contributed by atoms with Crippen molar-refractivity contribution < 1.29 is 13.2 Å². The van der Waals surface area contributed by atoms with Gasteiger partial charge in [-0.25, -0.2) is 8.42 Å². The topological polar surface area (TPSA) is 63.2 Å². The normalized spacial score (nSPS) is 11.2. The minimum absolute atomic E-state index is 0.129. The highest BCUT2D eigenvalue weighted by molar-refractivity contribution is 7.90. The highest BCUT2D eigenvalue weighted by atomic mass is 32.2. The van der Waals surface area contributed by atoms with Gasteiger partial charge in [0.1, 0.15) is 0 Å². The predicted molar refractivity (Wildman–Crippen MR) is 104 cm³/mol. The molecular weight excluding hydrogens is 346 g/mol. The van der Waals surface area contributed by atoms with Crippen LogP contribution in [0, 0.1) is 6.92 Å². The van der Waals surface area contributed by atoms with Gasteiger partial charge in [-0.2, -0.15) is 0 Å². The molecule has 5 heteroatoms. The van der Waals surface area contributed by atoms with Crippen molar-refractivity contribution in [3.63, 3.8) is 0 Å². The number of hydrogen-bond donors (Lipinski definition) is 1. The monoisotopic (exact) mass is 365 g/mol. The summed E-state index contributed by atoms with van der Waals surface area (Å²) in [5, 5.41) is 2.91. The highest BCUT2D eigenvalue weighted by Crippen LogP contribution is 2.28. The van der Waals surface area contributed by atoms with E-state index in [2.05, 4.69) is 5.32 Å². The average Bonchev–Trinajstić information content (AvgIpc) is 2.62. The van der Waals surface area contributed by atoms with Crippen molar-refractivity contribution in [3.05, 3.63) is 83.9 Å². The Morgan fingerprint density at radius 1 is 0.885 bits per heavy atom. The Hall–Kier alpha value is -2.92. The molecule has 0 unspecified atom stereocenters. The average molecular weight is 365 g/mol. The van der Waals surface area contributed by atoms with Crippen LogP contribution in [0.15, 0.2) is 77.7 Å². The Morgan fingerprint density at radius 2 is 1.54 bits per heavy atom. The van der Waals surface area contributed by atoms with Crippen molar-refractivity contribution in [2.75, 3.05) is 11.6 Å². The van der Waals surface area contributed by atoms with Gasteiger partial charge in [0, 0.05) is 23.1 Å². The van der Waals surface area contributed by atoms with Gasteiger partial charge < -0.3 is 5.32 Å². The first kappa shape index (κ1) is 17.9. The molecule has 3 aromatic rings. The van der Waals surface area contributed by atoms with E-state index in [-0.39, 0.29) is 10.8 Å². The van der Waals surface area contributed by atoms with Gasteiger partial charge in [0.25, 0.3) is 5.91 Å². The molecule has 0 aliphatic rings. The summed E-state index contributed by atoms with van der Waals surface area (Å²) in [4.78, 5) is 12.9. The standard InChI is InChI=1S/C21H19NO3S/c1-15-12-13-17(26(2,24)25)14-19(15)21(23)22-20-11-7-6-10-18(20)16-8-4-3-5-9-16/h3-14H,1-2H3,(H,22,23). The Bertz CT molecular complexity index is 1060. The largest absolute Gasteiger partial charge is 0.321 e. The number of rotatable bonds is 4. The summed E-state index contributed by atoms with van der Waals surface area (Å²) < 4.78 is 23.6. The van der Waals surface area contributed by atoms with Crippen LogP contribution in [0.2, 0.25) is 0 Å². The number of nitrogens with one attached hydrogen (secondary N) is 1. The lowest BCUT2D eigenvalue weighted by atomic mass is 10.0. The molecule has 0 atom stereocenters. The number of amides is 1. The molecule has 0 fully saturated rings. The predicted octanol–water partition coefficient (Wildman–Crippen LogP) is 4.32. The van der Waals surface area contributed by atoms with E-state index in [0.29, 0.717) is 16.8 Å². The molecule has 3 aromatic carbocycles. The molecule has 1 amide bonds. The van der Waals surface area contributed by atoms with Crippen LogP contribution in [0.25, 0.3) is 11.1 Å². The number of para-hydroxylation sites is 1. The molecule has 0 aliphatic carbocycles. The summed E-state index contributed by atoms with van der Waals surface area (Å²) in [5.41, 5.74) is 3.62. The van der Waals surface area contributed by atoms with E-state index in [1.807, 2.05) is 54.6 Å². The number of carbonyl (C=O) groups excluding carboxylic acids is 1. The van der Waals surface area contributed by atoms with Crippen LogP contribution in [-0.4, -0.2) is 20.6 Å². The van der Waals surface area contributed by atoms with Crippen molar-refractivity contribution in [1.82, 2.24) is 0 Å². The number of sulfone groups is 1. The Labute approximate surface area is 153 Å². The van der Waals surface area contributed by atoms with Gasteiger partial charge in [0.05, 0.1) is 4.90 Å². The molecule has 26 heavy (non-hydrogen) atoms. The van der Waals surface area contributed by atoms with Gasteiger partial charge in [0.2, 0.25) is 0 Å². The summed E-state index contributed by atoms with van der Waals surface area (Å²) in [5.74, 6) is -0.337. The van der Waals surface area contributed by atoms with Crippen LogP contribution >= 0.6 is 0 Å².